The highest BCUT2D eigenvalue weighted by molar-refractivity contribution is 7.99. The molecule has 5 rings (SSSR count). The van der Waals surface area contributed by atoms with Crippen molar-refractivity contribution in [1.29, 1.82) is 0 Å². The van der Waals surface area contributed by atoms with E-state index in [-0.39, 0.29) is 0 Å². The summed E-state index contributed by atoms with van der Waals surface area (Å²) in [4.78, 5) is 13.6. The molecule has 0 saturated carbocycles. The molecule has 0 saturated heterocycles. The van der Waals surface area contributed by atoms with E-state index in [1.165, 1.54) is 15.8 Å². The fraction of sp³-hybridized carbons (Fsp3) is 0.111. The topological polar surface area (TPSA) is 53.6 Å². The van der Waals surface area contributed by atoms with Crippen molar-refractivity contribution in [2.24, 2.45) is 0 Å². The lowest BCUT2D eigenvalue weighted by molar-refractivity contribution is 1.14. The van der Waals surface area contributed by atoms with E-state index in [1.807, 2.05) is 24.0 Å². The molecule has 1 aliphatic rings. The minimum atomic E-state index is 0.892. The van der Waals surface area contributed by atoms with Gasteiger partial charge in [0.2, 0.25) is 0 Å². The van der Waals surface area contributed by atoms with Crippen LogP contribution < -0.4 is 5.32 Å². The van der Waals surface area contributed by atoms with Crippen LogP contribution in [0.15, 0.2) is 53.8 Å². The molecule has 2 N–H and O–H groups in total. The van der Waals surface area contributed by atoms with Crippen LogP contribution >= 0.6 is 11.8 Å². The zero-order valence-corrected chi connectivity index (χ0v) is 13.2. The molecule has 4 nitrogen and oxygen atoms in total. The first-order chi connectivity index (χ1) is 11.4. The summed E-state index contributed by atoms with van der Waals surface area (Å²) in [6.07, 6.45) is 4.67. The molecule has 112 valence electrons. The first-order valence-corrected chi connectivity index (χ1v) is 8.61. The third kappa shape index (κ3) is 2.00. The maximum atomic E-state index is 4.53. The molecule has 1 aliphatic heterocycles. The Morgan fingerprint density at radius 2 is 2.09 bits per heavy atom. The molecular formula is C18H14N4S. The van der Waals surface area contributed by atoms with Crippen molar-refractivity contribution in [3.05, 3.63) is 54.5 Å². The van der Waals surface area contributed by atoms with Crippen LogP contribution in [0.3, 0.4) is 0 Å². The molecule has 4 aromatic rings. The van der Waals surface area contributed by atoms with E-state index in [2.05, 4.69) is 50.6 Å². The zero-order valence-electron chi connectivity index (χ0n) is 12.3. The van der Waals surface area contributed by atoms with E-state index in [9.17, 15) is 0 Å². The number of aromatic amines is 1. The summed E-state index contributed by atoms with van der Waals surface area (Å²) < 4.78 is 0. The molecule has 0 aliphatic carbocycles. The molecule has 23 heavy (non-hydrogen) atoms. The fourth-order valence-corrected chi connectivity index (χ4v) is 4.33. The smallest absolute Gasteiger partial charge is 0.142 e. The number of hydrogen-bond donors (Lipinski definition) is 2. The van der Waals surface area contributed by atoms with Crippen molar-refractivity contribution in [2.45, 2.75) is 11.3 Å². The minimum absolute atomic E-state index is 0.892. The summed E-state index contributed by atoms with van der Waals surface area (Å²) in [6.45, 7) is 0. The molecule has 0 atom stereocenters. The van der Waals surface area contributed by atoms with Crippen molar-refractivity contribution in [1.82, 2.24) is 15.0 Å². The van der Waals surface area contributed by atoms with Crippen LogP contribution in [0.4, 0.5) is 11.5 Å². The Hall–Kier alpha value is -2.53. The summed E-state index contributed by atoms with van der Waals surface area (Å²) in [5.41, 5.74) is 4.56. The van der Waals surface area contributed by atoms with Gasteiger partial charge in [0.1, 0.15) is 12.1 Å². The van der Waals surface area contributed by atoms with Gasteiger partial charge in [-0.25, -0.2) is 9.97 Å². The van der Waals surface area contributed by atoms with E-state index in [4.69, 9.17) is 0 Å². The van der Waals surface area contributed by atoms with Gasteiger partial charge in [-0.15, -0.1) is 11.8 Å². The Kier molecular flexibility index (Phi) is 2.81. The number of aromatic nitrogens is 3. The van der Waals surface area contributed by atoms with Gasteiger partial charge in [0.15, 0.2) is 0 Å². The van der Waals surface area contributed by atoms with Crippen molar-refractivity contribution in [3.8, 4) is 0 Å². The monoisotopic (exact) mass is 318 g/mol. The molecular weight excluding hydrogens is 304 g/mol. The van der Waals surface area contributed by atoms with Gasteiger partial charge in [0, 0.05) is 38.8 Å². The van der Waals surface area contributed by atoms with Crippen LogP contribution in [0.5, 0.6) is 0 Å². The quantitative estimate of drug-likeness (QED) is 0.571. The standard InChI is InChI=1S/C18H14N4S/c1-2-13-11(6-8-19-13)14(3-1)22-18-17-12-7-9-23-16(12)5-4-15(17)20-10-21-18/h1-6,8,10,19H,7,9H2,(H,20,21,22). The first-order valence-electron chi connectivity index (χ1n) is 7.63. The molecule has 0 bridgehead atoms. The second kappa shape index (κ2) is 4.99. The summed E-state index contributed by atoms with van der Waals surface area (Å²) in [7, 11) is 0. The number of nitrogens with one attached hydrogen (secondary N) is 2. The molecule has 0 radical (unpaired) electrons. The molecule has 2 aromatic carbocycles. The van der Waals surface area contributed by atoms with E-state index in [0.717, 1.165) is 40.1 Å². The van der Waals surface area contributed by atoms with Gasteiger partial charge in [0.05, 0.1) is 5.52 Å². The lowest BCUT2D eigenvalue weighted by Gasteiger charge is -2.12. The largest absolute Gasteiger partial charge is 0.361 e. The van der Waals surface area contributed by atoms with E-state index < -0.39 is 0 Å². The number of hydrogen-bond acceptors (Lipinski definition) is 4. The second-order valence-corrected chi connectivity index (χ2v) is 6.76. The number of benzene rings is 2. The van der Waals surface area contributed by atoms with Crippen LogP contribution in [0.25, 0.3) is 21.8 Å². The van der Waals surface area contributed by atoms with Crippen molar-refractivity contribution in [2.75, 3.05) is 11.1 Å². The Labute approximate surface area is 137 Å². The third-order valence-corrected chi connectivity index (χ3v) is 5.43. The summed E-state index contributed by atoms with van der Waals surface area (Å²) >= 11 is 1.91. The fourth-order valence-electron chi connectivity index (χ4n) is 3.26. The van der Waals surface area contributed by atoms with Crippen molar-refractivity contribution >= 4 is 45.1 Å². The number of fused-ring (bicyclic) bond motifs is 4. The third-order valence-electron chi connectivity index (χ3n) is 4.33. The maximum absolute atomic E-state index is 4.53. The van der Waals surface area contributed by atoms with Gasteiger partial charge in [-0.1, -0.05) is 6.07 Å². The van der Waals surface area contributed by atoms with Gasteiger partial charge in [-0.3, -0.25) is 0 Å². The molecule has 0 fully saturated rings. The van der Waals surface area contributed by atoms with Crippen molar-refractivity contribution in [3.63, 3.8) is 0 Å². The Balaban J connectivity index is 1.72. The normalized spacial score (nSPS) is 13.6. The van der Waals surface area contributed by atoms with Crippen LogP contribution in [0.1, 0.15) is 5.56 Å². The molecule has 0 amide bonds. The molecule has 2 aromatic heterocycles. The highest BCUT2D eigenvalue weighted by Crippen LogP contribution is 2.39. The molecule has 3 heterocycles. The van der Waals surface area contributed by atoms with E-state index in [0.29, 0.717) is 0 Å². The van der Waals surface area contributed by atoms with Gasteiger partial charge in [-0.05, 0) is 42.3 Å². The van der Waals surface area contributed by atoms with E-state index >= 15 is 0 Å². The molecule has 0 spiro atoms. The maximum Gasteiger partial charge on any atom is 0.142 e. The average Bonchev–Trinajstić information content (AvgIpc) is 3.24. The van der Waals surface area contributed by atoms with Crippen molar-refractivity contribution < 1.29 is 0 Å². The Morgan fingerprint density at radius 1 is 1.09 bits per heavy atom. The first kappa shape index (κ1) is 13.0. The zero-order chi connectivity index (χ0) is 15.2. The van der Waals surface area contributed by atoms with Gasteiger partial charge in [0.25, 0.3) is 0 Å². The number of rotatable bonds is 2. The highest BCUT2D eigenvalue weighted by Gasteiger charge is 2.18. The van der Waals surface area contributed by atoms with Gasteiger partial charge in [-0.2, -0.15) is 0 Å². The average molecular weight is 318 g/mol. The number of aryl methyl sites for hydroxylation is 1. The number of H-pyrrole nitrogens is 1. The Morgan fingerprint density at radius 3 is 3.09 bits per heavy atom. The van der Waals surface area contributed by atoms with E-state index in [1.54, 1.807) is 6.33 Å². The van der Waals surface area contributed by atoms with Gasteiger partial charge >= 0.3 is 0 Å². The molecule has 5 heteroatoms. The predicted octanol–water partition coefficient (Wildman–Crippen LogP) is 4.50. The second-order valence-electron chi connectivity index (χ2n) is 5.63. The lowest BCUT2D eigenvalue weighted by atomic mass is 10.1. The highest BCUT2D eigenvalue weighted by atomic mass is 32.2. The van der Waals surface area contributed by atoms with Gasteiger partial charge < -0.3 is 10.3 Å². The van der Waals surface area contributed by atoms with Crippen LogP contribution in [0, 0.1) is 0 Å². The molecule has 0 unspecified atom stereocenters. The summed E-state index contributed by atoms with van der Waals surface area (Å²) in [5.74, 6) is 2.03. The summed E-state index contributed by atoms with van der Waals surface area (Å²) in [5, 5.41) is 5.85. The lowest BCUT2D eigenvalue weighted by Crippen LogP contribution is -1.99. The van der Waals surface area contributed by atoms with Crippen LogP contribution in [-0.2, 0) is 6.42 Å². The minimum Gasteiger partial charge on any atom is -0.361 e. The van der Waals surface area contributed by atoms with Crippen LogP contribution in [0.2, 0.25) is 0 Å². The number of thioether (sulfide) groups is 1. The van der Waals surface area contributed by atoms with Crippen LogP contribution in [-0.4, -0.2) is 20.7 Å². The summed E-state index contributed by atoms with van der Waals surface area (Å²) in [6, 6.07) is 12.6. The SMILES string of the molecule is c1cc(Nc2ncnc3ccc4c(c23)CCS4)c2cc[nH]c2c1. The number of anilines is 2. The number of nitrogens with zero attached hydrogens (tertiary/aromatic N) is 2. The predicted molar refractivity (Wildman–Crippen MR) is 95.5 cm³/mol. The Bertz CT molecular complexity index is 1040.